The van der Waals surface area contributed by atoms with E-state index in [4.69, 9.17) is 0 Å². The quantitative estimate of drug-likeness (QED) is 0.573. The number of nitrogens with one attached hydrogen (secondary N) is 1. The molecule has 2 amide bonds. The summed E-state index contributed by atoms with van der Waals surface area (Å²) in [6.45, 7) is 5.27. The number of rotatable bonds is 4. The Kier molecular flexibility index (Phi) is 6.94. The molecule has 14 heteroatoms. The Balaban J connectivity index is 1.42. The molecule has 3 saturated heterocycles. The van der Waals surface area contributed by atoms with Crippen molar-refractivity contribution >= 4 is 34.5 Å². The third-order valence-electron chi connectivity index (χ3n) is 7.62. The highest BCUT2D eigenvalue weighted by molar-refractivity contribution is 6.00. The lowest BCUT2D eigenvalue weighted by atomic mass is 10.0. The number of amides is 2. The number of nitrogens with zero attached hydrogens (tertiary/aromatic N) is 5. The molecule has 2 aromatic rings. The number of hydrogen-bond donors (Lipinski definition) is 1. The lowest BCUT2D eigenvalue weighted by molar-refractivity contribution is -0.238. The minimum absolute atomic E-state index is 0.115. The number of carbonyl (C=O) groups excluding carboxylic acids is 3. The van der Waals surface area contributed by atoms with Crippen LogP contribution in [0.3, 0.4) is 0 Å². The normalized spacial score (nSPS) is 22.4. The summed E-state index contributed by atoms with van der Waals surface area (Å²) in [6, 6.07) is 4.55. The molecule has 0 radical (unpaired) electrons. The fourth-order valence-electron chi connectivity index (χ4n) is 5.69. The molecule has 206 valence electrons. The maximum absolute atomic E-state index is 13.3. The van der Waals surface area contributed by atoms with E-state index in [0.29, 0.717) is 17.1 Å². The van der Waals surface area contributed by atoms with Gasteiger partial charge in [-0.05, 0) is 44.5 Å². The van der Waals surface area contributed by atoms with Gasteiger partial charge in [0.25, 0.3) is 11.8 Å². The third-order valence-corrected chi connectivity index (χ3v) is 7.62. The van der Waals surface area contributed by atoms with Gasteiger partial charge in [-0.2, -0.15) is 13.2 Å². The highest BCUT2D eigenvalue weighted by atomic mass is 19.4. The first kappa shape index (κ1) is 26.2. The van der Waals surface area contributed by atoms with Crippen LogP contribution in [0.2, 0.25) is 0 Å². The summed E-state index contributed by atoms with van der Waals surface area (Å²) < 4.78 is 40.7. The number of imide groups is 1. The monoisotopic (exact) mass is 538 g/mol. The molecule has 0 bridgehead atoms. The van der Waals surface area contributed by atoms with Crippen LogP contribution in [-0.2, 0) is 26.3 Å². The first-order valence-corrected chi connectivity index (χ1v) is 12.6. The van der Waals surface area contributed by atoms with Gasteiger partial charge in [-0.3, -0.25) is 23.6 Å². The van der Waals surface area contributed by atoms with Crippen LogP contribution in [0, 0.1) is 0 Å². The molecule has 0 spiro atoms. The first-order chi connectivity index (χ1) is 18.1. The van der Waals surface area contributed by atoms with Gasteiger partial charge in [0, 0.05) is 45.7 Å². The van der Waals surface area contributed by atoms with E-state index in [1.54, 1.807) is 19.2 Å². The molecule has 0 aliphatic carbocycles. The van der Waals surface area contributed by atoms with Crippen LogP contribution in [0.1, 0.15) is 31.7 Å². The average molecular weight is 539 g/mol. The Bertz CT molecular complexity index is 1310. The molecule has 3 fully saturated rings. The lowest BCUT2D eigenvalue weighted by Crippen LogP contribution is -2.52. The minimum Gasteiger partial charge on any atom is -0.367 e. The van der Waals surface area contributed by atoms with Crippen molar-refractivity contribution in [2.75, 3.05) is 44.2 Å². The number of aromatic nitrogens is 2. The number of hydroxylamine groups is 2. The number of hydrogen-bond acceptors (Lipinski definition) is 8. The van der Waals surface area contributed by atoms with E-state index in [9.17, 15) is 32.3 Å². The SMILES string of the molecule is Cn1c(=O)n(C2CCC(=O)N(OC(=O)C(F)(F)F)C2=O)c2cccc(N3CCN(C4CCNCC4)CC3)c21. The van der Waals surface area contributed by atoms with Gasteiger partial charge in [0.2, 0.25) is 0 Å². The van der Waals surface area contributed by atoms with Crippen LogP contribution in [0.5, 0.6) is 0 Å². The van der Waals surface area contributed by atoms with Crippen LogP contribution in [0.25, 0.3) is 11.0 Å². The van der Waals surface area contributed by atoms with Crippen LogP contribution in [-0.4, -0.2) is 88.4 Å². The van der Waals surface area contributed by atoms with E-state index in [1.807, 2.05) is 6.07 Å². The number of para-hydroxylation sites is 1. The second kappa shape index (κ2) is 10.1. The van der Waals surface area contributed by atoms with Gasteiger partial charge in [0.05, 0.1) is 16.7 Å². The molecule has 38 heavy (non-hydrogen) atoms. The van der Waals surface area contributed by atoms with Gasteiger partial charge in [-0.1, -0.05) is 6.07 Å². The molecule has 1 aromatic carbocycles. The van der Waals surface area contributed by atoms with Crippen molar-refractivity contribution in [2.45, 2.75) is 43.9 Å². The van der Waals surface area contributed by atoms with Gasteiger partial charge in [-0.15, -0.1) is 5.06 Å². The van der Waals surface area contributed by atoms with Crippen molar-refractivity contribution in [3.8, 4) is 0 Å². The van der Waals surface area contributed by atoms with E-state index < -0.39 is 35.7 Å². The first-order valence-electron chi connectivity index (χ1n) is 12.6. The van der Waals surface area contributed by atoms with Crippen molar-refractivity contribution in [1.82, 2.24) is 24.4 Å². The predicted molar refractivity (Wildman–Crippen MR) is 129 cm³/mol. The Labute approximate surface area is 215 Å². The number of anilines is 1. The number of alkyl halides is 3. The summed E-state index contributed by atoms with van der Waals surface area (Å²) in [4.78, 5) is 58.6. The van der Waals surface area contributed by atoms with Crippen LogP contribution >= 0.6 is 0 Å². The fourth-order valence-corrected chi connectivity index (χ4v) is 5.69. The number of fused-ring (bicyclic) bond motifs is 1. The van der Waals surface area contributed by atoms with Gasteiger partial charge in [0.15, 0.2) is 0 Å². The Morgan fingerprint density at radius 3 is 2.37 bits per heavy atom. The summed E-state index contributed by atoms with van der Waals surface area (Å²) in [5.41, 5.74) is 1.24. The van der Waals surface area contributed by atoms with Crippen LogP contribution in [0.15, 0.2) is 23.0 Å². The Morgan fingerprint density at radius 1 is 1.03 bits per heavy atom. The number of aryl methyl sites for hydroxylation is 1. The summed E-state index contributed by atoms with van der Waals surface area (Å²) in [7, 11) is 1.57. The van der Waals surface area contributed by atoms with Crippen molar-refractivity contribution in [2.24, 2.45) is 7.05 Å². The molecule has 1 N–H and O–H groups in total. The van der Waals surface area contributed by atoms with Gasteiger partial charge >= 0.3 is 17.8 Å². The smallest absolute Gasteiger partial charge is 0.367 e. The molecule has 0 saturated carbocycles. The number of halogens is 3. The van der Waals surface area contributed by atoms with Crippen molar-refractivity contribution < 1.29 is 32.4 Å². The maximum atomic E-state index is 13.3. The minimum atomic E-state index is -5.39. The van der Waals surface area contributed by atoms with Gasteiger partial charge in [-0.25, -0.2) is 9.59 Å². The number of piperazine rings is 1. The highest BCUT2D eigenvalue weighted by Crippen LogP contribution is 2.32. The summed E-state index contributed by atoms with van der Waals surface area (Å²) in [6.07, 6.45) is -3.66. The highest BCUT2D eigenvalue weighted by Gasteiger charge is 2.47. The number of benzene rings is 1. The predicted octanol–water partition coefficient (Wildman–Crippen LogP) is 0.925. The lowest BCUT2D eigenvalue weighted by Gasteiger charge is -2.41. The van der Waals surface area contributed by atoms with E-state index in [2.05, 4.69) is 20.0 Å². The number of carbonyl (C=O) groups is 3. The molecule has 1 atom stereocenters. The second-order valence-electron chi connectivity index (χ2n) is 9.82. The van der Waals surface area contributed by atoms with E-state index >= 15 is 0 Å². The standard InChI is InChI=1S/C24H29F3N6O5/c1-29-20-16(31-13-11-30(12-14-31)15-7-9-28-10-8-15)3-2-4-17(20)32(23(29)37)18-5-6-19(34)33(21(18)35)38-22(36)24(25,26)27/h2-4,15,18,28H,5-14H2,1H3. The zero-order valence-corrected chi connectivity index (χ0v) is 20.9. The fraction of sp³-hybridized carbons (Fsp3) is 0.583. The van der Waals surface area contributed by atoms with Crippen LogP contribution in [0.4, 0.5) is 18.9 Å². The number of piperidine rings is 2. The zero-order valence-electron chi connectivity index (χ0n) is 20.9. The molecule has 3 aliphatic heterocycles. The maximum Gasteiger partial charge on any atom is 0.493 e. The molecule has 3 aliphatic rings. The third kappa shape index (κ3) is 4.66. The largest absolute Gasteiger partial charge is 0.493 e. The Morgan fingerprint density at radius 2 is 1.71 bits per heavy atom. The molecule has 4 heterocycles. The zero-order chi connectivity index (χ0) is 27.2. The van der Waals surface area contributed by atoms with Crippen molar-refractivity contribution in [1.29, 1.82) is 0 Å². The summed E-state index contributed by atoms with van der Waals surface area (Å²) >= 11 is 0. The van der Waals surface area contributed by atoms with E-state index in [0.717, 1.165) is 57.8 Å². The summed E-state index contributed by atoms with van der Waals surface area (Å²) in [5, 5.41) is 3.21. The molecular weight excluding hydrogens is 509 g/mol. The topological polar surface area (TPSA) is 109 Å². The molecular formula is C24H29F3N6O5. The average Bonchev–Trinajstić information content (AvgIpc) is 3.16. The molecule has 1 unspecified atom stereocenters. The van der Waals surface area contributed by atoms with Crippen LogP contribution < -0.4 is 15.9 Å². The summed E-state index contributed by atoms with van der Waals surface area (Å²) in [5.74, 6) is -4.96. The van der Waals surface area contributed by atoms with E-state index in [1.165, 1.54) is 9.13 Å². The van der Waals surface area contributed by atoms with Crippen molar-refractivity contribution in [3.63, 3.8) is 0 Å². The van der Waals surface area contributed by atoms with Gasteiger partial charge in [0.1, 0.15) is 6.04 Å². The second-order valence-corrected chi connectivity index (χ2v) is 9.82. The molecule has 5 rings (SSSR count). The Hall–Kier alpha value is -3.39. The number of imidazole rings is 1. The van der Waals surface area contributed by atoms with Gasteiger partial charge < -0.3 is 15.1 Å². The van der Waals surface area contributed by atoms with Crippen molar-refractivity contribution in [3.05, 3.63) is 28.7 Å². The molecule has 1 aromatic heterocycles. The molecule has 11 nitrogen and oxygen atoms in total. The van der Waals surface area contributed by atoms with E-state index in [-0.39, 0.29) is 17.9 Å².